The Morgan fingerprint density at radius 2 is 1.90 bits per heavy atom. The minimum Gasteiger partial charge on any atom is -0.497 e. The van der Waals surface area contributed by atoms with E-state index in [0.29, 0.717) is 44.2 Å². The molecule has 3 rings (SSSR count). The number of ether oxygens (including phenoxy) is 3. The fourth-order valence-electron chi connectivity index (χ4n) is 3.59. The van der Waals surface area contributed by atoms with E-state index in [1.807, 2.05) is 43.3 Å². The van der Waals surface area contributed by atoms with E-state index in [1.54, 1.807) is 7.11 Å². The Morgan fingerprint density at radius 3 is 2.52 bits per heavy atom. The van der Waals surface area contributed by atoms with E-state index in [-0.39, 0.29) is 5.91 Å². The number of aromatic nitrogens is 1. The number of hydrogen-bond donors (Lipinski definition) is 1. The minimum atomic E-state index is -0.632. The molecule has 1 saturated heterocycles. The lowest BCUT2D eigenvalue weighted by Crippen LogP contribution is -2.45. The molecule has 0 atom stereocenters. The van der Waals surface area contributed by atoms with Crippen molar-refractivity contribution < 1.29 is 19.0 Å². The van der Waals surface area contributed by atoms with Crippen LogP contribution in [0.1, 0.15) is 43.9 Å². The van der Waals surface area contributed by atoms with Crippen LogP contribution in [0.2, 0.25) is 0 Å². The van der Waals surface area contributed by atoms with Gasteiger partial charge in [0.15, 0.2) is 0 Å². The number of nitrogens with one attached hydrogen (secondary N) is 1. The van der Waals surface area contributed by atoms with Crippen LogP contribution in [0.25, 0.3) is 0 Å². The van der Waals surface area contributed by atoms with Gasteiger partial charge in [-0.3, -0.25) is 4.79 Å². The van der Waals surface area contributed by atoms with Crippen LogP contribution in [-0.2, 0) is 14.9 Å². The first-order valence-corrected chi connectivity index (χ1v) is 10.2. The number of rotatable bonds is 8. The monoisotopic (exact) mass is 398 g/mol. The zero-order valence-corrected chi connectivity index (χ0v) is 17.5. The standard InChI is InChI=1S/C23H30N2O4/c1-4-5-14-29-21-11-10-20(17(2)24-21)25-22(26)23(12-15-28-16-13-23)18-6-8-19(27-3)9-7-18/h6-11H,4-5,12-16H2,1-3H3,(H,25,26). The number of aryl methyl sites for hydroxylation is 1. The minimum absolute atomic E-state index is 0.0319. The summed E-state index contributed by atoms with van der Waals surface area (Å²) in [5.41, 5.74) is 1.79. The Hall–Kier alpha value is -2.60. The zero-order chi connectivity index (χ0) is 20.7. The number of benzene rings is 1. The molecular weight excluding hydrogens is 368 g/mol. The predicted octanol–water partition coefficient (Wildman–Crippen LogP) is 4.26. The fraction of sp³-hybridized carbons (Fsp3) is 0.478. The highest BCUT2D eigenvalue weighted by atomic mass is 16.5. The maximum Gasteiger partial charge on any atom is 0.235 e. The number of amides is 1. The van der Waals surface area contributed by atoms with Crippen LogP contribution >= 0.6 is 0 Å². The largest absolute Gasteiger partial charge is 0.497 e. The van der Waals surface area contributed by atoms with E-state index >= 15 is 0 Å². The van der Waals surface area contributed by atoms with Gasteiger partial charge in [0.25, 0.3) is 0 Å². The van der Waals surface area contributed by atoms with E-state index in [9.17, 15) is 4.79 Å². The highest BCUT2D eigenvalue weighted by molar-refractivity contribution is 5.99. The van der Waals surface area contributed by atoms with Crippen LogP contribution in [0.4, 0.5) is 5.69 Å². The number of unbranched alkanes of at least 4 members (excludes halogenated alkanes) is 1. The quantitative estimate of drug-likeness (QED) is 0.673. The van der Waals surface area contributed by atoms with Gasteiger partial charge in [-0.2, -0.15) is 0 Å². The predicted molar refractivity (Wildman–Crippen MR) is 113 cm³/mol. The smallest absolute Gasteiger partial charge is 0.235 e. The number of hydrogen-bond acceptors (Lipinski definition) is 5. The Bertz CT molecular complexity index is 814. The van der Waals surface area contributed by atoms with E-state index in [4.69, 9.17) is 14.2 Å². The van der Waals surface area contributed by atoms with Crippen LogP contribution in [-0.4, -0.2) is 37.8 Å². The Labute approximate surface area is 172 Å². The van der Waals surface area contributed by atoms with Crippen molar-refractivity contribution in [3.8, 4) is 11.6 Å². The van der Waals surface area contributed by atoms with Crippen molar-refractivity contribution in [2.45, 2.75) is 44.9 Å². The molecule has 29 heavy (non-hydrogen) atoms. The molecule has 1 aliphatic rings. The molecule has 0 aliphatic carbocycles. The normalized spacial score (nSPS) is 15.6. The molecule has 0 bridgehead atoms. The first kappa shape index (κ1) is 21.1. The van der Waals surface area contributed by atoms with Gasteiger partial charge in [0.2, 0.25) is 11.8 Å². The van der Waals surface area contributed by atoms with Crippen molar-refractivity contribution in [1.82, 2.24) is 4.98 Å². The van der Waals surface area contributed by atoms with Gasteiger partial charge in [-0.05, 0) is 49.9 Å². The maximum atomic E-state index is 13.4. The lowest BCUT2D eigenvalue weighted by atomic mass is 9.73. The molecule has 1 aromatic heterocycles. The van der Waals surface area contributed by atoms with Gasteiger partial charge in [0, 0.05) is 19.3 Å². The van der Waals surface area contributed by atoms with E-state index in [0.717, 1.165) is 29.8 Å². The second kappa shape index (κ2) is 9.74. The summed E-state index contributed by atoms with van der Waals surface area (Å²) in [5.74, 6) is 1.33. The molecule has 1 N–H and O–H groups in total. The van der Waals surface area contributed by atoms with Crippen molar-refractivity contribution in [2.75, 3.05) is 32.2 Å². The molecule has 156 valence electrons. The Morgan fingerprint density at radius 1 is 1.17 bits per heavy atom. The number of nitrogens with zero attached hydrogens (tertiary/aromatic N) is 1. The van der Waals surface area contributed by atoms with Crippen LogP contribution in [0.3, 0.4) is 0 Å². The molecule has 1 aliphatic heterocycles. The number of anilines is 1. The molecule has 1 aromatic carbocycles. The van der Waals surface area contributed by atoms with Crippen molar-refractivity contribution in [1.29, 1.82) is 0 Å². The maximum absolute atomic E-state index is 13.4. The number of methoxy groups -OCH3 is 1. The van der Waals surface area contributed by atoms with Gasteiger partial charge in [0.05, 0.1) is 30.5 Å². The van der Waals surface area contributed by atoms with Gasteiger partial charge >= 0.3 is 0 Å². The summed E-state index contributed by atoms with van der Waals surface area (Å²) in [7, 11) is 1.64. The SMILES string of the molecule is CCCCOc1ccc(NC(=O)C2(c3ccc(OC)cc3)CCOCC2)c(C)n1. The van der Waals surface area contributed by atoms with Crippen molar-refractivity contribution in [2.24, 2.45) is 0 Å². The molecule has 0 spiro atoms. The molecular formula is C23H30N2O4. The van der Waals surface area contributed by atoms with Crippen molar-refractivity contribution >= 4 is 11.6 Å². The number of carbonyl (C=O) groups is 1. The first-order valence-electron chi connectivity index (χ1n) is 10.2. The van der Waals surface area contributed by atoms with Gasteiger partial charge in [0.1, 0.15) is 5.75 Å². The van der Waals surface area contributed by atoms with E-state index in [1.165, 1.54) is 0 Å². The molecule has 0 saturated carbocycles. The van der Waals surface area contributed by atoms with Gasteiger partial charge < -0.3 is 19.5 Å². The van der Waals surface area contributed by atoms with Crippen molar-refractivity contribution in [3.05, 3.63) is 47.7 Å². The molecule has 1 fully saturated rings. The molecule has 6 heteroatoms. The molecule has 0 radical (unpaired) electrons. The lowest BCUT2D eigenvalue weighted by molar-refractivity contribution is -0.125. The van der Waals surface area contributed by atoms with Gasteiger partial charge in [-0.15, -0.1) is 0 Å². The Balaban J connectivity index is 1.80. The molecule has 6 nitrogen and oxygen atoms in total. The summed E-state index contributed by atoms with van der Waals surface area (Å²) >= 11 is 0. The molecule has 2 aromatic rings. The fourth-order valence-corrected chi connectivity index (χ4v) is 3.59. The molecule has 0 unspecified atom stereocenters. The van der Waals surface area contributed by atoms with Gasteiger partial charge in [-0.1, -0.05) is 25.5 Å². The number of carbonyl (C=O) groups excluding carboxylic acids is 1. The topological polar surface area (TPSA) is 69.7 Å². The highest BCUT2D eigenvalue weighted by Gasteiger charge is 2.42. The van der Waals surface area contributed by atoms with Crippen molar-refractivity contribution in [3.63, 3.8) is 0 Å². The summed E-state index contributed by atoms with van der Waals surface area (Å²) in [6.07, 6.45) is 3.33. The van der Waals surface area contributed by atoms with Crippen LogP contribution < -0.4 is 14.8 Å². The van der Waals surface area contributed by atoms with Crippen LogP contribution in [0, 0.1) is 6.92 Å². The average molecular weight is 399 g/mol. The number of pyridine rings is 1. The Kier molecular flexibility index (Phi) is 7.09. The summed E-state index contributed by atoms with van der Waals surface area (Å²) < 4.78 is 16.5. The third-order valence-corrected chi connectivity index (χ3v) is 5.48. The molecule has 1 amide bonds. The highest BCUT2D eigenvalue weighted by Crippen LogP contribution is 2.37. The summed E-state index contributed by atoms with van der Waals surface area (Å²) in [6, 6.07) is 11.4. The second-order valence-electron chi connectivity index (χ2n) is 7.36. The zero-order valence-electron chi connectivity index (χ0n) is 17.5. The van der Waals surface area contributed by atoms with Crippen LogP contribution in [0.15, 0.2) is 36.4 Å². The van der Waals surface area contributed by atoms with E-state index in [2.05, 4.69) is 17.2 Å². The third-order valence-electron chi connectivity index (χ3n) is 5.48. The van der Waals surface area contributed by atoms with Crippen LogP contribution in [0.5, 0.6) is 11.6 Å². The summed E-state index contributed by atoms with van der Waals surface area (Å²) in [6.45, 7) is 5.76. The third kappa shape index (κ3) is 4.88. The molecule has 2 heterocycles. The van der Waals surface area contributed by atoms with E-state index < -0.39 is 5.41 Å². The first-order chi connectivity index (χ1) is 14.1. The summed E-state index contributed by atoms with van der Waals surface area (Å²) in [4.78, 5) is 17.9. The second-order valence-corrected chi connectivity index (χ2v) is 7.36. The lowest BCUT2D eigenvalue weighted by Gasteiger charge is -2.36. The average Bonchev–Trinajstić information content (AvgIpc) is 2.76. The van der Waals surface area contributed by atoms with Gasteiger partial charge in [-0.25, -0.2) is 4.98 Å². The summed E-state index contributed by atoms with van der Waals surface area (Å²) in [5, 5.41) is 3.10.